The predicted octanol–water partition coefficient (Wildman–Crippen LogP) is 2.02. The number of carbonyl (C=O) groups excluding carboxylic acids is 2. The Morgan fingerprint density at radius 1 is 1.40 bits per heavy atom. The summed E-state index contributed by atoms with van der Waals surface area (Å²) in [4.78, 5) is 25.3. The van der Waals surface area contributed by atoms with Gasteiger partial charge in [0.05, 0.1) is 0 Å². The second kappa shape index (κ2) is 5.30. The zero-order chi connectivity index (χ0) is 14.2. The van der Waals surface area contributed by atoms with Gasteiger partial charge in [-0.2, -0.15) is 0 Å². The Balaban J connectivity index is 1.67. The van der Waals surface area contributed by atoms with Crippen LogP contribution < -0.4 is 5.32 Å². The lowest BCUT2D eigenvalue weighted by Gasteiger charge is -2.29. The maximum atomic E-state index is 12.5. The summed E-state index contributed by atoms with van der Waals surface area (Å²) in [7, 11) is 0. The molecular weight excluding hydrogens is 296 g/mol. The van der Waals surface area contributed by atoms with Crippen molar-refractivity contribution in [3.63, 3.8) is 0 Å². The Kier molecular flexibility index (Phi) is 3.65. The summed E-state index contributed by atoms with van der Waals surface area (Å²) < 4.78 is 0. The molecule has 2 amide bonds. The molecule has 2 aliphatic heterocycles. The first-order valence-corrected chi connectivity index (χ1v) is 7.95. The molecule has 3 rings (SSSR count). The van der Waals surface area contributed by atoms with E-state index in [2.05, 4.69) is 5.32 Å². The van der Waals surface area contributed by atoms with E-state index in [0.29, 0.717) is 31.0 Å². The monoisotopic (exact) mass is 310 g/mol. The number of nitrogens with one attached hydrogen (secondary N) is 1. The molecule has 1 aromatic carbocycles. The summed E-state index contributed by atoms with van der Waals surface area (Å²) in [6.45, 7) is 1.14. The second-order valence-electron chi connectivity index (χ2n) is 4.99. The molecule has 0 spiro atoms. The highest BCUT2D eigenvalue weighted by Crippen LogP contribution is 2.44. The predicted molar refractivity (Wildman–Crippen MR) is 79.4 cm³/mol. The van der Waals surface area contributed by atoms with Crippen molar-refractivity contribution >= 4 is 35.2 Å². The molecule has 106 valence electrons. The molecule has 1 atom stereocenters. The Morgan fingerprint density at radius 2 is 2.15 bits per heavy atom. The SMILES string of the molecule is O=C1CC[C@]2(C(=O)NCc3ccc(Cl)cc3)SCCN12. The van der Waals surface area contributed by atoms with Crippen molar-refractivity contribution in [1.29, 1.82) is 0 Å². The molecule has 0 unspecified atom stereocenters. The molecule has 6 heteroatoms. The third-order valence-corrected chi connectivity index (χ3v) is 5.52. The Hall–Kier alpha value is -1.20. The lowest BCUT2D eigenvalue weighted by molar-refractivity contribution is -0.135. The van der Waals surface area contributed by atoms with Gasteiger partial charge in [0.25, 0.3) is 5.91 Å². The van der Waals surface area contributed by atoms with Gasteiger partial charge in [-0.15, -0.1) is 11.8 Å². The van der Waals surface area contributed by atoms with Crippen LogP contribution in [0.25, 0.3) is 0 Å². The maximum Gasteiger partial charge on any atom is 0.256 e. The molecule has 20 heavy (non-hydrogen) atoms. The summed E-state index contributed by atoms with van der Waals surface area (Å²) in [5.74, 6) is 0.873. The first-order chi connectivity index (χ1) is 9.62. The van der Waals surface area contributed by atoms with Gasteiger partial charge in [-0.05, 0) is 24.1 Å². The number of hydrogen-bond acceptors (Lipinski definition) is 3. The van der Waals surface area contributed by atoms with Gasteiger partial charge in [0, 0.05) is 30.3 Å². The van der Waals surface area contributed by atoms with Crippen LogP contribution in [0.2, 0.25) is 5.02 Å². The van der Waals surface area contributed by atoms with Gasteiger partial charge in [0.1, 0.15) is 0 Å². The van der Waals surface area contributed by atoms with Gasteiger partial charge in [0.15, 0.2) is 4.87 Å². The molecule has 2 aliphatic rings. The lowest BCUT2D eigenvalue weighted by atomic mass is 10.1. The largest absolute Gasteiger partial charge is 0.349 e. The number of thioether (sulfide) groups is 1. The molecule has 0 saturated carbocycles. The quantitative estimate of drug-likeness (QED) is 0.929. The second-order valence-corrected chi connectivity index (χ2v) is 6.80. The number of carbonyl (C=O) groups is 2. The van der Waals surface area contributed by atoms with Crippen LogP contribution in [0.1, 0.15) is 18.4 Å². The minimum atomic E-state index is -0.663. The van der Waals surface area contributed by atoms with Crippen molar-refractivity contribution in [2.24, 2.45) is 0 Å². The van der Waals surface area contributed by atoms with E-state index in [1.807, 2.05) is 12.1 Å². The molecule has 0 aromatic heterocycles. The van der Waals surface area contributed by atoms with Crippen LogP contribution in [0.15, 0.2) is 24.3 Å². The van der Waals surface area contributed by atoms with Crippen molar-refractivity contribution in [3.05, 3.63) is 34.9 Å². The minimum absolute atomic E-state index is 0.0548. The molecular formula is C14H15ClN2O2S. The molecule has 0 bridgehead atoms. The normalized spacial score (nSPS) is 24.9. The number of benzene rings is 1. The highest BCUT2D eigenvalue weighted by atomic mass is 35.5. The highest BCUT2D eigenvalue weighted by molar-refractivity contribution is 8.01. The number of amides is 2. The Bertz CT molecular complexity index is 549. The Morgan fingerprint density at radius 3 is 2.90 bits per heavy atom. The number of rotatable bonds is 3. The molecule has 1 aromatic rings. The van der Waals surface area contributed by atoms with Gasteiger partial charge in [-0.1, -0.05) is 23.7 Å². The van der Waals surface area contributed by atoms with E-state index < -0.39 is 4.87 Å². The van der Waals surface area contributed by atoms with Crippen LogP contribution in [0, 0.1) is 0 Å². The standard InChI is InChI=1S/C14H15ClN2O2S/c15-11-3-1-10(2-4-11)9-16-13(19)14-6-5-12(18)17(14)7-8-20-14/h1-4H,5-9H2,(H,16,19)/t14-/m1/s1. The highest BCUT2D eigenvalue weighted by Gasteiger charge is 2.54. The summed E-state index contributed by atoms with van der Waals surface area (Å²) in [6, 6.07) is 7.38. The zero-order valence-corrected chi connectivity index (χ0v) is 12.5. The average Bonchev–Trinajstić information content (AvgIpc) is 3.00. The van der Waals surface area contributed by atoms with Crippen LogP contribution in [0.5, 0.6) is 0 Å². The van der Waals surface area contributed by atoms with Gasteiger partial charge in [-0.25, -0.2) is 0 Å². The third kappa shape index (κ3) is 2.29. The fourth-order valence-corrected chi connectivity index (χ4v) is 4.27. The van der Waals surface area contributed by atoms with Crippen molar-refractivity contribution in [2.75, 3.05) is 12.3 Å². The van der Waals surface area contributed by atoms with E-state index in [0.717, 1.165) is 11.3 Å². The first-order valence-electron chi connectivity index (χ1n) is 6.59. The molecule has 2 fully saturated rings. The van der Waals surface area contributed by atoms with Crippen molar-refractivity contribution in [3.8, 4) is 0 Å². The number of nitrogens with zero attached hydrogens (tertiary/aromatic N) is 1. The molecule has 0 radical (unpaired) electrons. The number of hydrogen-bond donors (Lipinski definition) is 1. The maximum absolute atomic E-state index is 12.5. The van der Waals surface area contributed by atoms with Gasteiger partial charge in [0.2, 0.25) is 5.91 Å². The molecule has 0 aliphatic carbocycles. The van der Waals surface area contributed by atoms with Crippen LogP contribution in [0.3, 0.4) is 0 Å². The van der Waals surface area contributed by atoms with E-state index in [9.17, 15) is 9.59 Å². The average molecular weight is 311 g/mol. The molecule has 1 N–H and O–H groups in total. The van der Waals surface area contributed by atoms with Crippen molar-refractivity contribution in [1.82, 2.24) is 10.2 Å². The van der Waals surface area contributed by atoms with E-state index >= 15 is 0 Å². The van der Waals surface area contributed by atoms with Crippen molar-refractivity contribution in [2.45, 2.75) is 24.3 Å². The Labute approximate surface area is 126 Å². The van der Waals surface area contributed by atoms with E-state index in [1.54, 1.807) is 28.8 Å². The van der Waals surface area contributed by atoms with Crippen LogP contribution >= 0.6 is 23.4 Å². The molecule has 4 nitrogen and oxygen atoms in total. The smallest absolute Gasteiger partial charge is 0.256 e. The van der Waals surface area contributed by atoms with Crippen molar-refractivity contribution < 1.29 is 9.59 Å². The minimum Gasteiger partial charge on any atom is -0.349 e. The van der Waals surface area contributed by atoms with Crippen LogP contribution in [-0.4, -0.2) is 33.9 Å². The van der Waals surface area contributed by atoms with Crippen LogP contribution in [-0.2, 0) is 16.1 Å². The van der Waals surface area contributed by atoms with Gasteiger partial charge >= 0.3 is 0 Å². The summed E-state index contributed by atoms with van der Waals surface area (Å²) >= 11 is 7.41. The van der Waals surface area contributed by atoms with Gasteiger partial charge in [-0.3, -0.25) is 9.59 Å². The zero-order valence-electron chi connectivity index (χ0n) is 10.9. The lowest BCUT2D eigenvalue weighted by Crippen LogP contribution is -2.50. The summed E-state index contributed by atoms with van der Waals surface area (Å²) in [5, 5.41) is 3.62. The van der Waals surface area contributed by atoms with E-state index in [-0.39, 0.29) is 11.8 Å². The number of halogens is 1. The first kappa shape index (κ1) is 13.8. The third-order valence-electron chi connectivity index (χ3n) is 3.79. The number of fused-ring (bicyclic) bond motifs is 1. The van der Waals surface area contributed by atoms with Gasteiger partial charge < -0.3 is 10.2 Å². The van der Waals surface area contributed by atoms with Crippen LogP contribution in [0.4, 0.5) is 0 Å². The summed E-state index contributed by atoms with van der Waals surface area (Å²) in [5.41, 5.74) is 0.998. The summed E-state index contributed by atoms with van der Waals surface area (Å²) in [6.07, 6.45) is 1.09. The van der Waals surface area contributed by atoms with E-state index in [1.165, 1.54) is 0 Å². The molecule has 2 heterocycles. The van der Waals surface area contributed by atoms with E-state index in [4.69, 9.17) is 11.6 Å². The topological polar surface area (TPSA) is 49.4 Å². The fraction of sp³-hybridized carbons (Fsp3) is 0.429. The molecule has 2 saturated heterocycles. The fourth-order valence-electron chi connectivity index (χ4n) is 2.73.